The van der Waals surface area contributed by atoms with Crippen LogP contribution in [0, 0.1) is 10.1 Å². The van der Waals surface area contributed by atoms with Crippen molar-refractivity contribution in [2.45, 2.75) is 11.3 Å². The number of carboxylic acids is 1. The molecule has 0 saturated carbocycles. The van der Waals surface area contributed by atoms with E-state index in [1.165, 1.54) is 30.3 Å². The zero-order valence-electron chi connectivity index (χ0n) is 13.0. The summed E-state index contributed by atoms with van der Waals surface area (Å²) in [6, 6.07) is 8.50. The number of nitro benzene ring substituents is 1. The van der Waals surface area contributed by atoms with Gasteiger partial charge in [0.1, 0.15) is 0 Å². The zero-order valence-corrected chi connectivity index (χ0v) is 15.3. The lowest BCUT2D eigenvalue weighted by atomic mass is 10.3. The predicted molar refractivity (Wildman–Crippen MR) is 96.3 cm³/mol. The number of nitrogens with zero attached hydrogens (tertiary/aromatic N) is 2. The standard InChI is InChI=1S/C15H12Cl2N2O6S/c16-10-4-5-14(13(17)8-10)18(7-6-15(20)21)26(24,25)12-3-1-2-11(9-12)19(22)23/h1-5,8-9H,6-7H2,(H,20,21). The lowest BCUT2D eigenvalue weighted by Crippen LogP contribution is -2.33. The number of carbonyl (C=O) groups is 1. The summed E-state index contributed by atoms with van der Waals surface area (Å²) in [7, 11) is -4.30. The molecule has 0 radical (unpaired) electrons. The van der Waals surface area contributed by atoms with Gasteiger partial charge in [0.2, 0.25) is 0 Å². The molecule has 11 heteroatoms. The monoisotopic (exact) mass is 418 g/mol. The molecule has 0 saturated heterocycles. The molecular weight excluding hydrogens is 407 g/mol. The smallest absolute Gasteiger partial charge is 0.305 e. The summed E-state index contributed by atoms with van der Waals surface area (Å²) in [5, 5.41) is 20.1. The second-order valence-electron chi connectivity index (χ2n) is 5.07. The van der Waals surface area contributed by atoms with Crippen LogP contribution >= 0.6 is 23.2 Å². The lowest BCUT2D eigenvalue weighted by Gasteiger charge is -2.25. The Morgan fingerprint density at radius 2 is 1.88 bits per heavy atom. The van der Waals surface area contributed by atoms with Crippen LogP contribution in [0.4, 0.5) is 11.4 Å². The molecule has 1 N–H and O–H groups in total. The molecule has 0 aliphatic carbocycles. The fraction of sp³-hybridized carbons (Fsp3) is 0.133. The number of halogens is 2. The molecule has 0 unspecified atom stereocenters. The fourth-order valence-corrected chi connectivity index (χ4v) is 4.22. The summed E-state index contributed by atoms with van der Waals surface area (Å²) in [4.78, 5) is 20.7. The van der Waals surface area contributed by atoms with E-state index in [4.69, 9.17) is 28.3 Å². The van der Waals surface area contributed by atoms with Gasteiger partial charge in [0.05, 0.1) is 26.9 Å². The molecule has 0 spiro atoms. The number of non-ortho nitro benzene ring substituents is 1. The van der Waals surface area contributed by atoms with Crippen molar-refractivity contribution in [3.05, 3.63) is 62.6 Å². The van der Waals surface area contributed by atoms with E-state index in [0.717, 1.165) is 16.4 Å². The van der Waals surface area contributed by atoms with Crippen molar-refractivity contribution >= 4 is 50.6 Å². The number of sulfonamides is 1. The third-order valence-electron chi connectivity index (χ3n) is 3.32. The van der Waals surface area contributed by atoms with Gasteiger partial charge in [0.25, 0.3) is 15.7 Å². The highest BCUT2D eigenvalue weighted by atomic mass is 35.5. The van der Waals surface area contributed by atoms with Gasteiger partial charge < -0.3 is 5.11 Å². The van der Waals surface area contributed by atoms with Crippen molar-refractivity contribution in [2.24, 2.45) is 0 Å². The zero-order chi connectivity index (χ0) is 19.5. The number of carboxylic acid groups (broad SMARTS) is 1. The molecule has 0 fully saturated rings. The van der Waals surface area contributed by atoms with Crippen LogP contribution in [0.2, 0.25) is 10.0 Å². The van der Waals surface area contributed by atoms with Crippen LogP contribution in [0.15, 0.2) is 47.4 Å². The van der Waals surface area contributed by atoms with E-state index >= 15 is 0 Å². The van der Waals surface area contributed by atoms with Gasteiger partial charge in [-0.05, 0) is 24.3 Å². The Kier molecular flexibility index (Phi) is 6.06. The number of rotatable bonds is 7. The highest BCUT2D eigenvalue weighted by Gasteiger charge is 2.28. The molecule has 0 atom stereocenters. The van der Waals surface area contributed by atoms with Crippen molar-refractivity contribution in [1.82, 2.24) is 0 Å². The van der Waals surface area contributed by atoms with Crippen molar-refractivity contribution in [3.8, 4) is 0 Å². The van der Waals surface area contributed by atoms with Gasteiger partial charge in [0.15, 0.2) is 0 Å². The second kappa shape index (κ2) is 7.90. The summed E-state index contributed by atoms with van der Waals surface area (Å²) in [5.74, 6) is -1.21. The quantitative estimate of drug-likeness (QED) is 0.542. The summed E-state index contributed by atoms with van der Waals surface area (Å²) in [6.45, 7) is -0.415. The van der Waals surface area contributed by atoms with Crippen molar-refractivity contribution in [1.29, 1.82) is 0 Å². The van der Waals surface area contributed by atoms with Crippen LogP contribution in [0.5, 0.6) is 0 Å². The first-order chi connectivity index (χ1) is 12.1. The maximum atomic E-state index is 13.0. The number of hydrogen-bond acceptors (Lipinski definition) is 5. The Labute approximate surface area is 158 Å². The molecule has 0 heterocycles. The molecule has 0 aromatic heterocycles. The van der Waals surface area contributed by atoms with Crippen LogP contribution in [0.25, 0.3) is 0 Å². The number of hydrogen-bond donors (Lipinski definition) is 1. The second-order valence-corrected chi connectivity index (χ2v) is 7.78. The Bertz CT molecular complexity index is 964. The maximum absolute atomic E-state index is 13.0. The maximum Gasteiger partial charge on any atom is 0.305 e. The largest absolute Gasteiger partial charge is 0.481 e. The van der Waals surface area contributed by atoms with Gasteiger partial charge in [-0.2, -0.15) is 0 Å². The minimum atomic E-state index is -4.30. The van der Waals surface area contributed by atoms with Crippen molar-refractivity contribution in [3.63, 3.8) is 0 Å². The molecule has 0 aliphatic heterocycles. The lowest BCUT2D eigenvalue weighted by molar-refractivity contribution is -0.385. The average molecular weight is 419 g/mol. The van der Waals surface area contributed by atoms with E-state index in [-0.39, 0.29) is 20.6 Å². The van der Waals surface area contributed by atoms with Gasteiger partial charge in [-0.3, -0.25) is 19.2 Å². The molecule has 0 bridgehead atoms. The SMILES string of the molecule is O=C(O)CCN(c1ccc(Cl)cc1Cl)S(=O)(=O)c1cccc([N+](=O)[O-])c1. The Hall–Kier alpha value is -2.36. The third kappa shape index (κ3) is 4.43. The molecule has 0 aliphatic rings. The molecule has 2 rings (SSSR count). The number of nitro groups is 1. The van der Waals surface area contributed by atoms with Crippen LogP contribution in [-0.4, -0.2) is 31.0 Å². The predicted octanol–water partition coefficient (Wildman–Crippen LogP) is 3.57. The minimum absolute atomic E-state index is 0.00288. The van der Waals surface area contributed by atoms with Gasteiger partial charge in [-0.1, -0.05) is 29.3 Å². The summed E-state index contributed by atoms with van der Waals surface area (Å²) in [6.07, 6.45) is -0.493. The summed E-state index contributed by atoms with van der Waals surface area (Å²) >= 11 is 11.9. The normalized spacial score (nSPS) is 11.2. The van der Waals surface area contributed by atoms with E-state index in [9.17, 15) is 23.3 Å². The van der Waals surface area contributed by atoms with E-state index in [1.54, 1.807) is 0 Å². The van der Waals surface area contributed by atoms with E-state index in [2.05, 4.69) is 0 Å². The number of benzene rings is 2. The van der Waals surface area contributed by atoms with Crippen molar-refractivity contribution in [2.75, 3.05) is 10.8 Å². The summed E-state index contributed by atoms with van der Waals surface area (Å²) < 4.78 is 26.7. The van der Waals surface area contributed by atoms with Crippen LogP contribution in [0.3, 0.4) is 0 Å². The van der Waals surface area contributed by atoms with Gasteiger partial charge in [-0.25, -0.2) is 8.42 Å². The van der Waals surface area contributed by atoms with Gasteiger partial charge in [-0.15, -0.1) is 0 Å². The summed E-state index contributed by atoms with van der Waals surface area (Å²) in [5.41, 5.74) is -0.393. The Balaban J connectivity index is 2.57. The highest BCUT2D eigenvalue weighted by molar-refractivity contribution is 7.92. The molecule has 138 valence electrons. The molecule has 8 nitrogen and oxygen atoms in total. The van der Waals surface area contributed by atoms with E-state index in [1.807, 2.05) is 0 Å². The fourth-order valence-electron chi connectivity index (χ4n) is 2.14. The number of aliphatic carboxylic acids is 1. The molecular formula is C15H12Cl2N2O6S. The first-order valence-corrected chi connectivity index (χ1v) is 9.26. The van der Waals surface area contributed by atoms with Crippen LogP contribution in [0.1, 0.15) is 6.42 Å². The first kappa shape index (κ1) is 20.0. The van der Waals surface area contributed by atoms with Gasteiger partial charge >= 0.3 is 5.97 Å². The topological polar surface area (TPSA) is 118 Å². The first-order valence-electron chi connectivity index (χ1n) is 7.07. The molecule has 26 heavy (non-hydrogen) atoms. The molecule has 0 amide bonds. The molecule has 2 aromatic carbocycles. The Morgan fingerprint density at radius 1 is 1.19 bits per heavy atom. The van der Waals surface area contributed by atoms with Gasteiger partial charge in [0, 0.05) is 23.7 Å². The van der Waals surface area contributed by atoms with Crippen molar-refractivity contribution < 1.29 is 23.2 Å². The van der Waals surface area contributed by atoms with Crippen LogP contribution in [-0.2, 0) is 14.8 Å². The average Bonchev–Trinajstić information content (AvgIpc) is 2.56. The highest BCUT2D eigenvalue weighted by Crippen LogP contribution is 2.33. The third-order valence-corrected chi connectivity index (χ3v) is 5.67. The van der Waals surface area contributed by atoms with E-state index < -0.39 is 39.6 Å². The van der Waals surface area contributed by atoms with E-state index in [0.29, 0.717) is 0 Å². The minimum Gasteiger partial charge on any atom is -0.481 e. The molecule has 2 aromatic rings. The Morgan fingerprint density at radius 3 is 2.46 bits per heavy atom. The number of anilines is 1. The van der Waals surface area contributed by atoms with Crippen LogP contribution < -0.4 is 4.31 Å².